The Morgan fingerprint density at radius 2 is 1.84 bits per heavy atom. The van der Waals surface area contributed by atoms with Gasteiger partial charge in [0.25, 0.3) is 5.91 Å². The van der Waals surface area contributed by atoms with Gasteiger partial charge in [0.1, 0.15) is 11.6 Å². The van der Waals surface area contributed by atoms with Gasteiger partial charge in [-0.1, -0.05) is 31.2 Å². The number of benzene rings is 2. The molecule has 13 heteroatoms. The molecular formula is C32H39ClN8O4. The van der Waals surface area contributed by atoms with E-state index in [0.29, 0.717) is 40.9 Å². The van der Waals surface area contributed by atoms with Crippen molar-refractivity contribution in [2.75, 3.05) is 73.0 Å². The van der Waals surface area contributed by atoms with Crippen molar-refractivity contribution in [1.82, 2.24) is 20.3 Å². The molecule has 0 saturated carbocycles. The van der Waals surface area contributed by atoms with Gasteiger partial charge in [-0.05, 0) is 50.7 Å². The molecule has 0 unspecified atom stereocenters. The van der Waals surface area contributed by atoms with Gasteiger partial charge in [0.2, 0.25) is 5.95 Å². The van der Waals surface area contributed by atoms with Crippen LogP contribution < -0.4 is 30.2 Å². The third-order valence-corrected chi connectivity index (χ3v) is 8.38. The van der Waals surface area contributed by atoms with Gasteiger partial charge >= 0.3 is 6.03 Å². The van der Waals surface area contributed by atoms with E-state index in [0.717, 1.165) is 38.4 Å². The van der Waals surface area contributed by atoms with Crippen molar-refractivity contribution >= 4 is 58.4 Å². The number of carbonyl (C=O) groups is 2. The molecule has 12 nitrogen and oxygen atoms in total. The summed E-state index contributed by atoms with van der Waals surface area (Å²) in [4.78, 5) is 49.1. The van der Waals surface area contributed by atoms with E-state index in [9.17, 15) is 9.59 Å². The highest BCUT2D eigenvalue weighted by Gasteiger charge is 2.36. The Kier molecular flexibility index (Phi) is 10.1. The smallest absolute Gasteiger partial charge is 0.330 e. The van der Waals surface area contributed by atoms with Gasteiger partial charge in [0.05, 0.1) is 36.5 Å². The van der Waals surface area contributed by atoms with Crippen molar-refractivity contribution in [3.63, 3.8) is 0 Å². The summed E-state index contributed by atoms with van der Waals surface area (Å²) < 4.78 is 5.56. The van der Waals surface area contributed by atoms with Crippen molar-refractivity contribution in [3.05, 3.63) is 64.8 Å². The predicted molar refractivity (Wildman–Crippen MR) is 178 cm³/mol. The minimum absolute atomic E-state index is 0.0608. The topological polar surface area (TPSA) is 115 Å². The number of hydrogen-bond donors (Lipinski definition) is 2. The SMILES string of the molecule is C=Cc1c(OC)cc(C(=O)NOCC)c(Cl)c1N1Cc2cnc(Nc3ccc(N4CCN(CC)CC4)cc3)nc2N(CC)C1=O. The molecule has 1 aromatic heterocycles. The number of amides is 3. The Morgan fingerprint density at radius 1 is 1.11 bits per heavy atom. The number of carbonyl (C=O) groups excluding carboxylic acids is 2. The molecule has 2 aliphatic heterocycles. The maximum Gasteiger partial charge on any atom is 0.330 e. The Hall–Kier alpha value is -4.39. The zero-order valence-electron chi connectivity index (χ0n) is 26.1. The van der Waals surface area contributed by atoms with Crippen molar-refractivity contribution in [3.8, 4) is 5.75 Å². The van der Waals surface area contributed by atoms with Gasteiger partial charge in [0, 0.05) is 61.4 Å². The summed E-state index contributed by atoms with van der Waals surface area (Å²) in [5.41, 5.74) is 5.94. The summed E-state index contributed by atoms with van der Waals surface area (Å²) in [6.07, 6.45) is 3.24. The maximum atomic E-state index is 14.0. The van der Waals surface area contributed by atoms with Crippen molar-refractivity contribution in [1.29, 1.82) is 0 Å². The van der Waals surface area contributed by atoms with Gasteiger partial charge in [-0.25, -0.2) is 15.3 Å². The Balaban J connectivity index is 1.41. The molecule has 238 valence electrons. The van der Waals surface area contributed by atoms with E-state index in [-0.39, 0.29) is 29.8 Å². The molecular weight excluding hydrogens is 596 g/mol. The average molecular weight is 635 g/mol. The van der Waals surface area contributed by atoms with E-state index >= 15 is 0 Å². The lowest BCUT2D eigenvalue weighted by Gasteiger charge is -2.37. The summed E-state index contributed by atoms with van der Waals surface area (Å²) in [7, 11) is 1.47. The second-order valence-corrected chi connectivity index (χ2v) is 10.9. The van der Waals surface area contributed by atoms with Crippen LogP contribution in [-0.4, -0.2) is 79.8 Å². The zero-order chi connectivity index (χ0) is 32.1. The highest BCUT2D eigenvalue weighted by molar-refractivity contribution is 6.37. The molecule has 1 saturated heterocycles. The summed E-state index contributed by atoms with van der Waals surface area (Å²) in [5, 5.41) is 3.33. The molecule has 0 radical (unpaired) electrons. The van der Waals surface area contributed by atoms with Crippen LogP contribution in [0.2, 0.25) is 5.02 Å². The fourth-order valence-electron chi connectivity index (χ4n) is 5.57. The van der Waals surface area contributed by atoms with E-state index in [4.69, 9.17) is 26.2 Å². The highest BCUT2D eigenvalue weighted by atomic mass is 35.5. The average Bonchev–Trinajstić information content (AvgIpc) is 3.07. The van der Waals surface area contributed by atoms with Crippen LogP contribution in [0.5, 0.6) is 5.75 Å². The first kappa shape index (κ1) is 32.0. The third-order valence-electron chi connectivity index (χ3n) is 8.00. The number of aromatic nitrogens is 2. The maximum absolute atomic E-state index is 14.0. The normalized spacial score (nSPS) is 15.1. The minimum Gasteiger partial charge on any atom is -0.496 e. The number of rotatable bonds is 11. The second kappa shape index (κ2) is 14.1. The minimum atomic E-state index is -0.569. The van der Waals surface area contributed by atoms with E-state index in [1.54, 1.807) is 24.1 Å². The molecule has 0 bridgehead atoms. The number of fused-ring (bicyclic) bond motifs is 1. The quantitative estimate of drug-likeness (QED) is 0.271. The van der Waals surface area contributed by atoms with Gasteiger partial charge in [0.15, 0.2) is 0 Å². The number of halogens is 1. The molecule has 3 amide bonds. The summed E-state index contributed by atoms with van der Waals surface area (Å²) in [6, 6.07) is 9.35. The van der Waals surface area contributed by atoms with E-state index in [2.05, 4.69) is 51.2 Å². The molecule has 0 aliphatic carbocycles. The number of nitrogens with zero attached hydrogens (tertiary/aromatic N) is 6. The zero-order valence-corrected chi connectivity index (χ0v) is 26.9. The number of hydrogen-bond acceptors (Lipinski definition) is 9. The third kappa shape index (κ3) is 6.53. The van der Waals surface area contributed by atoms with Gasteiger partial charge in [-0.3, -0.25) is 19.4 Å². The van der Waals surface area contributed by atoms with E-state index in [1.807, 2.05) is 19.1 Å². The fraction of sp³-hybridized carbons (Fsp3) is 0.375. The monoisotopic (exact) mass is 634 g/mol. The van der Waals surface area contributed by atoms with Crippen LogP contribution in [0, 0.1) is 0 Å². The Morgan fingerprint density at radius 3 is 2.47 bits per heavy atom. The molecule has 3 heterocycles. The Labute approximate surface area is 268 Å². The molecule has 45 heavy (non-hydrogen) atoms. The fourth-order valence-corrected chi connectivity index (χ4v) is 5.91. The standard InChI is InChI=1S/C32H39ClN8O4/c1-6-24-26(44-5)18-25(30(42)37-45-9-4)27(33)28(24)41-20-21-19-34-31(36-29(21)40(8-3)32(41)43)35-22-10-12-23(13-11-22)39-16-14-38(7-2)15-17-39/h6,10-13,18-19H,1,7-9,14-17,20H2,2-5H3,(H,37,42)(H,34,35,36). The molecule has 0 atom stereocenters. The lowest BCUT2D eigenvalue weighted by molar-refractivity contribution is 0.0364. The van der Waals surface area contributed by atoms with Crippen LogP contribution in [0.3, 0.4) is 0 Å². The number of ether oxygens (including phenoxy) is 1. The molecule has 5 rings (SSSR count). The lowest BCUT2D eigenvalue weighted by Crippen LogP contribution is -2.48. The number of nitrogens with one attached hydrogen (secondary N) is 2. The molecule has 2 aliphatic rings. The van der Waals surface area contributed by atoms with Gasteiger partial charge < -0.3 is 19.9 Å². The van der Waals surface area contributed by atoms with Crippen LogP contribution in [-0.2, 0) is 11.4 Å². The predicted octanol–water partition coefficient (Wildman–Crippen LogP) is 5.31. The van der Waals surface area contributed by atoms with Crippen LogP contribution in [0.15, 0.2) is 43.1 Å². The van der Waals surface area contributed by atoms with Crippen LogP contribution in [0.4, 0.5) is 33.6 Å². The van der Waals surface area contributed by atoms with Crippen LogP contribution in [0.25, 0.3) is 6.08 Å². The lowest BCUT2D eigenvalue weighted by atomic mass is 10.0. The molecule has 2 aromatic carbocycles. The Bertz CT molecular complexity index is 1560. The summed E-state index contributed by atoms with van der Waals surface area (Å²) in [6.45, 7) is 15.6. The molecule has 1 fully saturated rings. The first-order valence-corrected chi connectivity index (χ1v) is 15.5. The number of likely N-dealkylation sites (N-methyl/N-ethyl adjacent to an activating group) is 1. The first-order chi connectivity index (χ1) is 21.8. The van der Waals surface area contributed by atoms with E-state index < -0.39 is 5.91 Å². The number of hydroxylamine groups is 1. The highest BCUT2D eigenvalue weighted by Crippen LogP contribution is 2.43. The molecule has 0 spiro atoms. The number of anilines is 5. The summed E-state index contributed by atoms with van der Waals surface area (Å²) >= 11 is 6.82. The largest absolute Gasteiger partial charge is 0.496 e. The van der Waals surface area contributed by atoms with Crippen molar-refractivity contribution in [2.24, 2.45) is 0 Å². The summed E-state index contributed by atoms with van der Waals surface area (Å²) in [5.74, 6) is 0.632. The van der Waals surface area contributed by atoms with Crippen molar-refractivity contribution in [2.45, 2.75) is 27.3 Å². The molecule has 2 N–H and O–H groups in total. The van der Waals surface area contributed by atoms with E-state index in [1.165, 1.54) is 23.8 Å². The second-order valence-electron chi connectivity index (χ2n) is 10.5. The first-order valence-electron chi connectivity index (χ1n) is 15.1. The molecule has 3 aromatic rings. The van der Waals surface area contributed by atoms with Crippen molar-refractivity contribution < 1.29 is 19.2 Å². The number of methoxy groups -OCH3 is 1. The number of piperazine rings is 1. The van der Waals surface area contributed by atoms with Gasteiger partial charge in [-0.15, -0.1) is 0 Å². The number of urea groups is 1. The van der Waals surface area contributed by atoms with Crippen LogP contribution >= 0.6 is 11.6 Å². The van der Waals surface area contributed by atoms with Crippen LogP contribution in [0.1, 0.15) is 42.3 Å². The van der Waals surface area contributed by atoms with Gasteiger partial charge in [-0.2, -0.15) is 4.98 Å².